The van der Waals surface area contributed by atoms with Crippen LogP contribution >= 0.6 is 11.3 Å². The molecule has 1 aromatic carbocycles. The van der Waals surface area contributed by atoms with E-state index in [0.29, 0.717) is 25.2 Å². The highest BCUT2D eigenvalue weighted by Crippen LogP contribution is 2.26. The standard InChI is InChI=1S/C20H24N4OS/c1-20(2,18-8-5-13-26-18)15-22-19(25)24-11-9-23(10-12-24)17-7-4-3-6-16(17)14-21/h3-8,13H,9-12,15H2,1-2H3,(H,22,25). The summed E-state index contributed by atoms with van der Waals surface area (Å²) in [6, 6.07) is 14.0. The number of urea groups is 1. The molecule has 0 saturated carbocycles. The number of thiophene rings is 1. The van der Waals surface area contributed by atoms with Gasteiger partial charge in [0.25, 0.3) is 0 Å². The van der Waals surface area contributed by atoms with Crippen molar-refractivity contribution in [2.45, 2.75) is 19.3 Å². The van der Waals surface area contributed by atoms with Crippen LogP contribution in [0.4, 0.5) is 10.5 Å². The number of benzene rings is 1. The van der Waals surface area contributed by atoms with Crippen LogP contribution in [0.5, 0.6) is 0 Å². The van der Waals surface area contributed by atoms with Crippen LogP contribution in [-0.2, 0) is 5.41 Å². The Morgan fingerprint density at radius 3 is 2.58 bits per heavy atom. The van der Waals surface area contributed by atoms with E-state index in [2.05, 4.69) is 41.6 Å². The third-order valence-electron chi connectivity index (χ3n) is 4.80. The smallest absolute Gasteiger partial charge is 0.317 e. The molecule has 0 atom stereocenters. The minimum atomic E-state index is -0.0720. The van der Waals surface area contributed by atoms with Crippen LogP contribution in [0.3, 0.4) is 0 Å². The summed E-state index contributed by atoms with van der Waals surface area (Å²) < 4.78 is 0. The van der Waals surface area contributed by atoms with Crippen LogP contribution in [0.15, 0.2) is 41.8 Å². The van der Waals surface area contributed by atoms with E-state index in [4.69, 9.17) is 0 Å². The number of hydrogen-bond donors (Lipinski definition) is 1. The van der Waals surface area contributed by atoms with Gasteiger partial charge in [-0.3, -0.25) is 0 Å². The molecule has 0 bridgehead atoms. The average Bonchev–Trinajstić information content (AvgIpc) is 3.22. The molecule has 6 heteroatoms. The number of nitriles is 1. The molecular formula is C20H24N4OS. The van der Waals surface area contributed by atoms with Gasteiger partial charge >= 0.3 is 6.03 Å². The van der Waals surface area contributed by atoms with Crippen LogP contribution in [-0.4, -0.2) is 43.7 Å². The van der Waals surface area contributed by atoms with Gasteiger partial charge in [0.05, 0.1) is 11.3 Å². The number of nitrogens with one attached hydrogen (secondary N) is 1. The first-order valence-corrected chi connectivity index (χ1v) is 9.70. The maximum Gasteiger partial charge on any atom is 0.317 e. The monoisotopic (exact) mass is 368 g/mol. The van der Waals surface area contributed by atoms with Crippen LogP contribution in [0.2, 0.25) is 0 Å². The largest absolute Gasteiger partial charge is 0.367 e. The Balaban J connectivity index is 1.53. The van der Waals surface area contributed by atoms with Crippen LogP contribution in [0, 0.1) is 11.3 Å². The third kappa shape index (κ3) is 4.00. The highest BCUT2D eigenvalue weighted by atomic mass is 32.1. The average molecular weight is 369 g/mol. The second-order valence-corrected chi connectivity index (χ2v) is 8.07. The predicted octanol–water partition coefficient (Wildman–Crippen LogP) is 3.43. The molecule has 1 aliphatic rings. The summed E-state index contributed by atoms with van der Waals surface area (Å²) in [5.74, 6) is 0. The maximum absolute atomic E-state index is 12.5. The van der Waals surface area contributed by atoms with Gasteiger partial charge in [0, 0.05) is 43.0 Å². The summed E-state index contributed by atoms with van der Waals surface area (Å²) in [5, 5.41) is 14.4. The number of para-hydroxylation sites is 1. The van der Waals surface area contributed by atoms with Gasteiger partial charge in [0.2, 0.25) is 0 Å². The first-order valence-electron chi connectivity index (χ1n) is 8.82. The molecule has 1 fully saturated rings. The summed E-state index contributed by atoms with van der Waals surface area (Å²) in [5.41, 5.74) is 1.56. The second kappa shape index (κ2) is 7.79. The fraction of sp³-hybridized carbons (Fsp3) is 0.400. The number of piperazine rings is 1. The maximum atomic E-state index is 12.5. The number of anilines is 1. The van der Waals surface area contributed by atoms with E-state index in [1.165, 1.54) is 4.88 Å². The van der Waals surface area contributed by atoms with Gasteiger partial charge in [-0.15, -0.1) is 11.3 Å². The van der Waals surface area contributed by atoms with Gasteiger partial charge in [-0.25, -0.2) is 4.79 Å². The molecular weight excluding hydrogens is 344 g/mol. The lowest BCUT2D eigenvalue weighted by molar-refractivity contribution is 0.192. The molecule has 1 saturated heterocycles. The van der Waals surface area contributed by atoms with Gasteiger partial charge in [0.15, 0.2) is 0 Å². The topological polar surface area (TPSA) is 59.4 Å². The number of carbonyl (C=O) groups excluding carboxylic acids is 1. The van der Waals surface area contributed by atoms with E-state index in [-0.39, 0.29) is 11.4 Å². The summed E-state index contributed by atoms with van der Waals surface area (Å²) >= 11 is 1.72. The van der Waals surface area contributed by atoms with Gasteiger partial charge in [-0.05, 0) is 23.6 Å². The molecule has 1 aliphatic heterocycles. The zero-order valence-corrected chi connectivity index (χ0v) is 16.1. The van der Waals surface area contributed by atoms with Crippen molar-refractivity contribution in [2.24, 2.45) is 0 Å². The lowest BCUT2D eigenvalue weighted by atomic mass is 9.91. The lowest BCUT2D eigenvalue weighted by Gasteiger charge is -2.37. The van der Waals surface area contributed by atoms with E-state index >= 15 is 0 Å². The van der Waals surface area contributed by atoms with E-state index < -0.39 is 0 Å². The molecule has 2 heterocycles. The van der Waals surface area contributed by atoms with Gasteiger partial charge < -0.3 is 15.1 Å². The zero-order chi connectivity index (χ0) is 18.6. The molecule has 0 aliphatic carbocycles. The molecule has 2 amide bonds. The first-order chi connectivity index (χ1) is 12.5. The van der Waals surface area contributed by atoms with Crippen LogP contribution < -0.4 is 10.2 Å². The van der Waals surface area contributed by atoms with Gasteiger partial charge in [-0.2, -0.15) is 5.26 Å². The fourth-order valence-electron chi connectivity index (χ4n) is 3.15. The van der Waals surface area contributed by atoms with Gasteiger partial charge in [-0.1, -0.05) is 32.0 Å². The van der Waals surface area contributed by atoms with Crippen molar-refractivity contribution >= 4 is 23.1 Å². The molecule has 0 unspecified atom stereocenters. The van der Waals surface area contributed by atoms with Crippen LogP contribution in [0.1, 0.15) is 24.3 Å². The molecule has 0 spiro atoms. The molecule has 2 aromatic rings. The minimum Gasteiger partial charge on any atom is -0.367 e. The van der Waals surface area contributed by atoms with Crippen molar-refractivity contribution < 1.29 is 4.79 Å². The Labute approximate surface area is 158 Å². The van der Waals surface area contributed by atoms with Crippen molar-refractivity contribution in [1.29, 1.82) is 5.26 Å². The van der Waals surface area contributed by atoms with Crippen molar-refractivity contribution in [3.63, 3.8) is 0 Å². The van der Waals surface area contributed by atoms with Gasteiger partial charge in [0.1, 0.15) is 6.07 Å². The SMILES string of the molecule is CC(C)(CNC(=O)N1CCN(c2ccccc2C#N)CC1)c1cccs1. The molecule has 26 heavy (non-hydrogen) atoms. The number of rotatable bonds is 4. The molecule has 1 aromatic heterocycles. The van der Waals surface area contributed by atoms with E-state index in [0.717, 1.165) is 18.8 Å². The fourth-order valence-corrected chi connectivity index (χ4v) is 4.01. The van der Waals surface area contributed by atoms with E-state index in [9.17, 15) is 10.1 Å². The van der Waals surface area contributed by atoms with E-state index in [1.54, 1.807) is 11.3 Å². The highest BCUT2D eigenvalue weighted by Gasteiger charge is 2.26. The van der Waals surface area contributed by atoms with Crippen molar-refractivity contribution in [3.8, 4) is 6.07 Å². The predicted molar refractivity (Wildman–Crippen MR) is 106 cm³/mol. The van der Waals surface area contributed by atoms with Crippen molar-refractivity contribution in [1.82, 2.24) is 10.2 Å². The molecule has 136 valence electrons. The van der Waals surface area contributed by atoms with Crippen molar-refractivity contribution in [2.75, 3.05) is 37.6 Å². The van der Waals surface area contributed by atoms with Crippen molar-refractivity contribution in [3.05, 3.63) is 52.2 Å². The number of amides is 2. The van der Waals surface area contributed by atoms with E-state index in [1.807, 2.05) is 35.2 Å². The van der Waals surface area contributed by atoms with Crippen LogP contribution in [0.25, 0.3) is 0 Å². The summed E-state index contributed by atoms with van der Waals surface area (Å²) in [4.78, 5) is 17.8. The summed E-state index contributed by atoms with van der Waals surface area (Å²) in [6.45, 7) is 7.70. The zero-order valence-electron chi connectivity index (χ0n) is 15.2. The Morgan fingerprint density at radius 1 is 1.19 bits per heavy atom. The molecule has 3 rings (SSSR count). The first kappa shape index (κ1) is 18.3. The highest BCUT2D eigenvalue weighted by molar-refractivity contribution is 7.10. The number of nitrogens with zero attached hydrogens (tertiary/aromatic N) is 3. The third-order valence-corrected chi connectivity index (χ3v) is 6.04. The summed E-state index contributed by atoms with van der Waals surface area (Å²) in [6.07, 6.45) is 0. The second-order valence-electron chi connectivity index (χ2n) is 7.12. The Hall–Kier alpha value is -2.52. The minimum absolute atomic E-state index is 0.0113. The number of hydrogen-bond acceptors (Lipinski definition) is 4. The Bertz CT molecular complexity index is 786. The Kier molecular flexibility index (Phi) is 5.48. The lowest BCUT2D eigenvalue weighted by Crippen LogP contribution is -2.53. The summed E-state index contributed by atoms with van der Waals surface area (Å²) in [7, 11) is 0. The Morgan fingerprint density at radius 2 is 1.92 bits per heavy atom. The quantitative estimate of drug-likeness (QED) is 0.899. The molecule has 1 N–H and O–H groups in total. The molecule has 5 nitrogen and oxygen atoms in total. The normalized spacial score (nSPS) is 14.8. The number of carbonyl (C=O) groups is 1. The molecule has 0 radical (unpaired) electrons.